The number of benzene rings is 2. The fourth-order valence-electron chi connectivity index (χ4n) is 2.14. The Bertz CT molecular complexity index is 744. The lowest BCUT2D eigenvalue weighted by Crippen LogP contribution is -2.17. The fraction of sp³-hybridized carbons (Fsp3) is 0.200. The lowest BCUT2D eigenvalue weighted by atomic mass is 10.0. The number of nitrogens with zero attached hydrogens (tertiary/aromatic N) is 1. The van der Waals surface area contributed by atoms with Gasteiger partial charge in [0.2, 0.25) is 0 Å². The van der Waals surface area contributed by atoms with Crippen molar-refractivity contribution in [3.05, 3.63) is 76.6 Å². The number of carbonyl (C=O) groups is 1. The third kappa shape index (κ3) is 5.16. The van der Waals surface area contributed by atoms with E-state index in [9.17, 15) is 9.18 Å². The van der Waals surface area contributed by atoms with Crippen molar-refractivity contribution in [1.82, 2.24) is 5.43 Å². The first-order valence-electron chi connectivity index (χ1n) is 7.83. The first kappa shape index (κ1) is 17.6. The molecule has 4 heteroatoms. The summed E-state index contributed by atoms with van der Waals surface area (Å²) >= 11 is 0. The summed E-state index contributed by atoms with van der Waals surface area (Å²) < 4.78 is 12.8. The summed E-state index contributed by atoms with van der Waals surface area (Å²) in [6, 6.07) is 13.6. The van der Waals surface area contributed by atoms with E-state index in [-0.39, 0.29) is 11.7 Å². The molecule has 124 valence electrons. The summed E-state index contributed by atoms with van der Waals surface area (Å²) in [5, 5.41) is 3.93. The van der Waals surface area contributed by atoms with Gasteiger partial charge in [-0.3, -0.25) is 4.79 Å². The zero-order valence-corrected chi connectivity index (χ0v) is 14.1. The third-order valence-corrected chi connectivity index (χ3v) is 3.54. The number of halogens is 1. The van der Waals surface area contributed by atoms with Gasteiger partial charge in [0, 0.05) is 5.56 Å². The second-order valence-electron chi connectivity index (χ2n) is 5.92. The van der Waals surface area contributed by atoms with Crippen molar-refractivity contribution in [1.29, 1.82) is 0 Å². The Labute approximate surface area is 141 Å². The van der Waals surface area contributed by atoms with Crippen molar-refractivity contribution in [3.8, 4) is 0 Å². The number of rotatable bonds is 5. The van der Waals surface area contributed by atoms with E-state index in [0.717, 1.165) is 11.1 Å². The maximum atomic E-state index is 12.8. The van der Waals surface area contributed by atoms with Crippen LogP contribution in [-0.4, -0.2) is 12.1 Å². The van der Waals surface area contributed by atoms with E-state index in [1.54, 1.807) is 6.21 Å². The molecule has 2 aromatic carbocycles. The van der Waals surface area contributed by atoms with E-state index in [1.165, 1.54) is 29.8 Å². The fourth-order valence-corrected chi connectivity index (χ4v) is 2.14. The van der Waals surface area contributed by atoms with Gasteiger partial charge in [0.15, 0.2) is 0 Å². The predicted molar refractivity (Wildman–Crippen MR) is 96.5 cm³/mol. The van der Waals surface area contributed by atoms with Crippen LogP contribution in [0.2, 0.25) is 0 Å². The quantitative estimate of drug-likeness (QED) is 0.625. The highest BCUT2D eigenvalue weighted by Gasteiger charge is 2.03. The highest BCUT2D eigenvalue weighted by atomic mass is 19.1. The molecule has 0 spiro atoms. The Hall–Kier alpha value is -2.75. The first-order chi connectivity index (χ1) is 11.5. The summed E-state index contributed by atoms with van der Waals surface area (Å²) in [6.07, 6.45) is 3.56. The molecular formula is C20H21FN2O. The second kappa shape index (κ2) is 8.20. The molecule has 0 saturated heterocycles. The molecule has 0 heterocycles. The highest BCUT2D eigenvalue weighted by molar-refractivity contribution is 5.95. The predicted octanol–water partition coefficient (Wildman–Crippen LogP) is 4.77. The van der Waals surface area contributed by atoms with Crippen LogP contribution in [0.25, 0.3) is 6.08 Å². The monoisotopic (exact) mass is 324 g/mol. The lowest BCUT2D eigenvalue weighted by molar-refractivity contribution is 0.0955. The molecule has 0 aliphatic carbocycles. The van der Waals surface area contributed by atoms with E-state index in [4.69, 9.17) is 0 Å². The summed E-state index contributed by atoms with van der Waals surface area (Å²) in [5.74, 6) is -0.245. The molecule has 0 aromatic heterocycles. The minimum atomic E-state index is -0.377. The van der Waals surface area contributed by atoms with Crippen molar-refractivity contribution < 1.29 is 9.18 Å². The molecule has 0 radical (unpaired) electrons. The molecule has 0 unspecified atom stereocenters. The van der Waals surface area contributed by atoms with Crippen LogP contribution in [0.5, 0.6) is 0 Å². The SMILES string of the molecule is C/C(C=NNC(=O)c1ccc(F)cc1)=C/c1ccc(C(C)C)cc1. The van der Waals surface area contributed by atoms with E-state index in [1.807, 2.05) is 13.0 Å². The molecule has 0 bridgehead atoms. The smallest absolute Gasteiger partial charge is 0.267 e. The number of hydrazone groups is 1. The molecule has 24 heavy (non-hydrogen) atoms. The summed E-state index contributed by atoms with van der Waals surface area (Å²) in [4.78, 5) is 11.8. The van der Waals surface area contributed by atoms with Crippen molar-refractivity contribution in [2.45, 2.75) is 26.7 Å². The molecule has 0 aliphatic rings. The number of carbonyl (C=O) groups excluding carboxylic acids is 1. The van der Waals surface area contributed by atoms with Gasteiger partial charge in [-0.15, -0.1) is 0 Å². The first-order valence-corrected chi connectivity index (χ1v) is 7.83. The van der Waals surface area contributed by atoms with Gasteiger partial charge in [0.1, 0.15) is 5.82 Å². The number of nitrogens with one attached hydrogen (secondary N) is 1. The summed E-state index contributed by atoms with van der Waals surface area (Å²) in [6.45, 7) is 6.23. The second-order valence-corrected chi connectivity index (χ2v) is 5.92. The molecule has 0 aliphatic heterocycles. The molecule has 0 saturated carbocycles. The average Bonchev–Trinajstić information content (AvgIpc) is 2.55. The van der Waals surface area contributed by atoms with Crippen LogP contribution in [0.15, 0.2) is 59.2 Å². The van der Waals surface area contributed by atoms with Crippen molar-refractivity contribution in [2.75, 3.05) is 0 Å². The Morgan fingerprint density at radius 1 is 1.08 bits per heavy atom. The van der Waals surface area contributed by atoms with Crippen molar-refractivity contribution in [2.24, 2.45) is 5.10 Å². The van der Waals surface area contributed by atoms with Crippen LogP contribution in [0, 0.1) is 5.82 Å². The average molecular weight is 324 g/mol. The number of hydrogen-bond donors (Lipinski definition) is 1. The summed E-state index contributed by atoms with van der Waals surface area (Å²) in [5.41, 5.74) is 6.07. The maximum absolute atomic E-state index is 12.8. The highest BCUT2D eigenvalue weighted by Crippen LogP contribution is 2.15. The Kier molecular flexibility index (Phi) is 6.01. The minimum Gasteiger partial charge on any atom is -0.267 e. The topological polar surface area (TPSA) is 41.5 Å². The Morgan fingerprint density at radius 3 is 2.29 bits per heavy atom. The van der Waals surface area contributed by atoms with Gasteiger partial charge in [-0.2, -0.15) is 5.10 Å². The van der Waals surface area contributed by atoms with Crippen molar-refractivity contribution >= 4 is 18.2 Å². The van der Waals surface area contributed by atoms with Gasteiger partial charge in [0.25, 0.3) is 5.91 Å². The van der Waals surface area contributed by atoms with E-state index < -0.39 is 0 Å². The molecule has 0 fully saturated rings. The van der Waals surface area contributed by atoms with E-state index >= 15 is 0 Å². The third-order valence-electron chi connectivity index (χ3n) is 3.54. The summed E-state index contributed by atoms with van der Waals surface area (Å²) in [7, 11) is 0. The molecular weight excluding hydrogens is 303 g/mol. The standard InChI is InChI=1S/C20H21FN2O/c1-14(2)17-6-4-16(5-7-17)12-15(3)13-22-23-20(24)18-8-10-19(21)11-9-18/h4-14H,1-3H3,(H,23,24)/b15-12-,22-13?. The lowest BCUT2D eigenvalue weighted by Gasteiger charge is -2.05. The normalized spacial score (nSPS) is 12.0. The van der Waals surface area contributed by atoms with Crippen LogP contribution in [-0.2, 0) is 0 Å². The minimum absolute atomic E-state index is 0.361. The van der Waals surface area contributed by atoms with Crippen molar-refractivity contribution in [3.63, 3.8) is 0 Å². The number of hydrogen-bond acceptors (Lipinski definition) is 2. The molecule has 1 N–H and O–H groups in total. The number of amides is 1. The van der Waals surface area contributed by atoms with Gasteiger partial charge in [0.05, 0.1) is 6.21 Å². The van der Waals surface area contributed by atoms with Crippen LogP contribution in [0.4, 0.5) is 4.39 Å². The molecule has 2 rings (SSSR count). The zero-order chi connectivity index (χ0) is 17.5. The van der Waals surface area contributed by atoms with Crippen LogP contribution in [0.3, 0.4) is 0 Å². The van der Waals surface area contributed by atoms with Crippen LogP contribution < -0.4 is 5.43 Å². The van der Waals surface area contributed by atoms with Gasteiger partial charge < -0.3 is 0 Å². The molecule has 3 nitrogen and oxygen atoms in total. The zero-order valence-electron chi connectivity index (χ0n) is 14.1. The van der Waals surface area contributed by atoms with Gasteiger partial charge in [-0.25, -0.2) is 9.82 Å². The van der Waals surface area contributed by atoms with Gasteiger partial charge in [-0.05, 0) is 53.8 Å². The number of allylic oxidation sites excluding steroid dienone is 1. The van der Waals surface area contributed by atoms with Crippen LogP contribution >= 0.6 is 0 Å². The van der Waals surface area contributed by atoms with E-state index in [2.05, 4.69) is 48.6 Å². The van der Waals surface area contributed by atoms with E-state index in [0.29, 0.717) is 11.5 Å². The van der Waals surface area contributed by atoms with Gasteiger partial charge >= 0.3 is 0 Å². The molecule has 0 atom stereocenters. The Morgan fingerprint density at radius 2 is 1.71 bits per heavy atom. The van der Waals surface area contributed by atoms with Crippen LogP contribution in [0.1, 0.15) is 48.2 Å². The Balaban J connectivity index is 1.95. The molecule has 2 aromatic rings. The maximum Gasteiger partial charge on any atom is 0.271 e. The van der Waals surface area contributed by atoms with Gasteiger partial charge in [-0.1, -0.05) is 44.2 Å². The largest absolute Gasteiger partial charge is 0.271 e. The molecule has 1 amide bonds.